The van der Waals surface area contributed by atoms with Gasteiger partial charge in [-0.15, -0.1) is 0 Å². The van der Waals surface area contributed by atoms with Gasteiger partial charge in [-0.1, -0.05) is 58.0 Å². The van der Waals surface area contributed by atoms with E-state index in [0.29, 0.717) is 12.0 Å². The number of halogens is 2. The number of carbonyl (C=O) groups excluding carboxylic acids is 2. The number of hydrogen-bond donors (Lipinski definition) is 1. The monoisotopic (exact) mass is 493 g/mol. The molecule has 3 aromatic rings. The first kappa shape index (κ1) is 27.1. The molecule has 0 saturated heterocycles. The van der Waals surface area contributed by atoms with Crippen LogP contribution in [0.25, 0.3) is 0 Å². The SMILES string of the molecule is CC(C)CC(CNC(=O)c1ccc(F)cc1)(C(C)C)C(OC(=O)c1ccc(F)cc1)c1ccccc1. The van der Waals surface area contributed by atoms with Crippen LogP contribution in [0.15, 0.2) is 78.9 Å². The Morgan fingerprint density at radius 1 is 0.806 bits per heavy atom. The van der Waals surface area contributed by atoms with Crippen molar-refractivity contribution in [3.63, 3.8) is 0 Å². The van der Waals surface area contributed by atoms with Gasteiger partial charge in [-0.3, -0.25) is 4.79 Å². The molecule has 3 rings (SSSR count). The molecule has 6 heteroatoms. The first-order valence-electron chi connectivity index (χ1n) is 12.2. The van der Waals surface area contributed by atoms with Crippen molar-refractivity contribution in [2.45, 2.75) is 40.2 Å². The van der Waals surface area contributed by atoms with Crippen LogP contribution >= 0.6 is 0 Å². The Hall–Kier alpha value is -3.54. The topological polar surface area (TPSA) is 55.4 Å². The number of hydrogen-bond acceptors (Lipinski definition) is 3. The number of benzene rings is 3. The molecule has 0 bridgehead atoms. The Labute approximate surface area is 211 Å². The molecular formula is C30H33F2NO3. The molecule has 36 heavy (non-hydrogen) atoms. The summed E-state index contributed by atoms with van der Waals surface area (Å²) in [7, 11) is 0. The maximum Gasteiger partial charge on any atom is 0.338 e. The lowest BCUT2D eigenvalue weighted by atomic mass is 9.65. The van der Waals surface area contributed by atoms with Gasteiger partial charge >= 0.3 is 5.97 Å². The molecule has 2 atom stereocenters. The van der Waals surface area contributed by atoms with E-state index in [-0.39, 0.29) is 29.9 Å². The first-order chi connectivity index (χ1) is 17.1. The van der Waals surface area contributed by atoms with Gasteiger partial charge in [-0.05, 0) is 72.4 Å². The molecule has 0 spiro atoms. The molecule has 3 aromatic carbocycles. The van der Waals surface area contributed by atoms with Gasteiger partial charge in [0.2, 0.25) is 0 Å². The molecule has 0 heterocycles. The van der Waals surface area contributed by atoms with Crippen LogP contribution in [-0.4, -0.2) is 18.4 Å². The zero-order chi connectivity index (χ0) is 26.3. The van der Waals surface area contributed by atoms with Crippen molar-refractivity contribution in [1.82, 2.24) is 5.32 Å². The summed E-state index contributed by atoms with van der Waals surface area (Å²) in [5, 5.41) is 3.01. The van der Waals surface area contributed by atoms with Crippen LogP contribution in [0.4, 0.5) is 8.78 Å². The van der Waals surface area contributed by atoms with Crippen molar-refractivity contribution < 1.29 is 23.1 Å². The maximum atomic E-state index is 13.4. The Kier molecular flexibility index (Phi) is 8.97. The highest BCUT2D eigenvalue weighted by atomic mass is 19.1. The number of rotatable bonds is 10. The molecule has 190 valence electrons. The van der Waals surface area contributed by atoms with Crippen LogP contribution < -0.4 is 5.32 Å². The highest BCUT2D eigenvalue weighted by Crippen LogP contribution is 2.48. The van der Waals surface area contributed by atoms with Gasteiger partial charge in [0, 0.05) is 17.5 Å². The molecule has 0 aliphatic carbocycles. The molecule has 4 nitrogen and oxygen atoms in total. The minimum atomic E-state index is -0.688. The van der Waals surface area contributed by atoms with Gasteiger partial charge < -0.3 is 10.1 Å². The van der Waals surface area contributed by atoms with Crippen LogP contribution in [0, 0.1) is 28.9 Å². The summed E-state index contributed by atoms with van der Waals surface area (Å²) in [4.78, 5) is 26.2. The minimum Gasteiger partial charge on any atom is -0.453 e. The second-order valence-electron chi connectivity index (χ2n) is 9.88. The average molecular weight is 494 g/mol. The third-order valence-corrected chi connectivity index (χ3v) is 6.55. The molecule has 0 aliphatic heterocycles. The van der Waals surface area contributed by atoms with Crippen LogP contribution in [0.2, 0.25) is 0 Å². The Morgan fingerprint density at radius 2 is 1.33 bits per heavy atom. The summed E-state index contributed by atoms with van der Waals surface area (Å²) < 4.78 is 33.0. The van der Waals surface area contributed by atoms with Crippen LogP contribution in [-0.2, 0) is 4.74 Å². The standard InChI is InChI=1S/C30H33F2NO3/c1-20(2)18-30(21(3)4,19-33-28(34)23-10-14-25(31)15-11-23)27(22-8-6-5-7-9-22)36-29(35)24-12-16-26(32)17-13-24/h5-17,20-21,27H,18-19H2,1-4H3,(H,33,34). The van der Waals surface area contributed by atoms with E-state index < -0.39 is 29.1 Å². The van der Waals surface area contributed by atoms with Crippen molar-refractivity contribution in [3.05, 3.63) is 107 Å². The lowest BCUT2D eigenvalue weighted by molar-refractivity contribution is -0.0503. The Bertz CT molecular complexity index is 1150. The first-order valence-corrected chi connectivity index (χ1v) is 12.2. The second kappa shape index (κ2) is 11.9. The fraction of sp³-hybridized carbons (Fsp3) is 0.333. The summed E-state index contributed by atoms with van der Waals surface area (Å²) in [5.41, 5.74) is 0.729. The van der Waals surface area contributed by atoms with Crippen LogP contribution in [0.5, 0.6) is 0 Å². The predicted molar refractivity (Wildman–Crippen MR) is 136 cm³/mol. The van der Waals surface area contributed by atoms with Gasteiger partial charge in [0.25, 0.3) is 5.91 Å². The van der Waals surface area contributed by atoms with E-state index in [4.69, 9.17) is 4.74 Å². The fourth-order valence-electron chi connectivity index (χ4n) is 4.63. The van der Waals surface area contributed by atoms with E-state index in [1.54, 1.807) is 0 Å². The van der Waals surface area contributed by atoms with E-state index >= 15 is 0 Å². The summed E-state index contributed by atoms with van der Waals surface area (Å²) in [5.74, 6) is -1.53. The van der Waals surface area contributed by atoms with E-state index in [0.717, 1.165) is 5.56 Å². The van der Waals surface area contributed by atoms with E-state index in [1.807, 2.05) is 44.2 Å². The highest BCUT2D eigenvalue weighted by Gasteiger charge is 2.45. The minimum absolute atomic E-state index is 0.000332. The molecule has 0 fully saturated rings. The van der Waals surface area contributed by atoms with E-state index in [1.165, 1.54) is 48.5 Å². The molecular weight excluding hydrogens is 460 g/mol. The van der Waals surface area contributed by atoms with Gasteiger partial charge in [0.05, 0.1) is 5.56 Å². The fourth-order valence-corrected chi connectivity index (χ4v) is 4.63. The number of nitrogens with one attached hydrogen (secondary N) is 1. The zero-order valence-electron chi connectivity index (χ0n) is 21.1. The number of esters is 1. The molecule has 0 aromatic heterocycles. The molecule has 0 radical (unpaired) electrons. The highest BCUT2D eigenvalue weighted by molar-refractivity contribution is 5.94. The molecule has 1 N–H and O–H groups in total. The smallest absolute Gasteiger partial charge is 0.338 e. The summed E-state index contributed by atoms with van der Waals surface area (Å²) in [6.45, 7) is 8.50. The van der Waals surface area contributed by atoms with E-state index in [9.17, 15) is 18.4 Å². The van der Waals surface area contributed by atoms with Crippen LogP contribution in [0.1, 0.15) is 66.5 Å². The van der Waals surface area contributed by atoms with Crippen molar-refractivity contribution in [2.75, 3.05) is 6.54 Å². The number of ether oxygens (including phenoxy) is 1. The predicted octanol–water partition coefficient (Wildman–Crippen LogP) is 6.98. The molecule has 2 unspecified atom stereocenters. The summed E-state index contributed by atoms with van der Waals surface area (Å²) >= 11 is 0. The van der Waals surface area contributed by atoms with Crippen molar-refractivity contribution in [2.24, 2.45) is 17.3 Å². The van der Waals surface area contributed by atoms with Crippen molar-refractivity contribution in [1.29, 1.82) is 0 Å². The lowest BCUT2D eigenvalue weighted by Crippen LogP contribution is -2.47. The van der Waals surface area contributed by atoms with Gasteiger partial charge in [0.15, 0.2) is 0 Å². The maximum absolute atomic E-state index is 13.4. The second-order valence-corrected chi connectivity index (χ2v) is 9.88. The summed E-state index contributed by atoms with van der Waals surface area (Å²) in [6.07, 6.45) is -0.0304. The zero-order valence-corrected chi connectivity index (χ0v) is 21.1. The van der Waals surface area contributed by atoms with Gasteiger partial charge in [-0.25, -0.2) is 13.6 Å². The third kappa shape index (κ3) is 6.56. The van der Waals surface area contributed by atoms with E-state index in [2.05, 4.69) is 19.2 Å². The third-order valence-electron chi connectivity index (χ3n) is 6.55. The molecule has 0 aliphatic rings. The average Bonchev–Trinajstić information content (AvgIpc) is 2.86. The van der Waals surface area contributed by atoms with Crippen LogP contribution in [0.3, 0.4) is 0 Å². The number of amides is 1. The Balaban J connectivity index is 2.01. The van der Waals surface area contributed by atoms with Crippen molar-refractivity contribution in [3.8, 4) is 0 Å². The van der Waals surface area contributed by atoms with Gasteiger partial charge in [-0.2, -0.15) is 0 Å². The number of carbonyl (C=O) groups is 2. The quantitative estimate of drug-likeness (QED) is 0.310. The normalized spacial score (nSPS) is 13.8. The summed E-state index contributed by atoms with van der Waals surface area (Å²) in [6, 6.07) is 20.1. The largest absolute Gasteiger partial charge is 0.453 e. The Morgan fingerprint density at radius 3 is 1.83 bits per heavy atom. The molecule has 1 amide bonds. The van der Waals surface area contributed by atoms with Crippen molar-refractivity contribution >= 4 is 11.9 Å². The lowest BCUT2D eigenvalue weighted by Gasteiger charge is -2.45. The van der Waals surface area contributed by atoms with Gasteiger partial charge in [0.1, 0.15) is 17.7 Å². The molecule has 0 saturated carbocycles.